The normalized spacial score (nSPS) is 12.3. The van der Waals surface area contributed by atoms with Gasteiger partial charge in [-0.2, -0.15) is 4.31 Å². The summed E-state index contributed by atoms with van der Waals surface area (Å²) < 4.78 is 40.3. The Hall–Kier alpha value is -0.460. The van der Waals surface area contributed by atoms with Gasteiger partial charge in [0.25, 0.3) is 0 Å². The van der Waals surface area contributed by atoms with Crippen LogP contribution >= 0.6 is 15.9 Å². The second-order valence-electron chi connectivity index (χ2n) is 4.21. The highest BCUT2D eigenvalue weighted by molar-refractivity contribution is 9.09. The van der Waals surface area contributed by atoms with Gasteiger partial charge in [0, 0.05) is 17.9 Å². The summed E-state index contributed by atoms with van der Waals surface area (Å²) in [5, 5.41) is 0.525. The molecular weight excluding hydrogens is 333 g/mol. The molecule has 1 aromatic carbocycles. The quantitative estimate of drug-likeness (QED) is 0.706. The number of sulfonamides is 1. The van der Waals surface area contributed by atoms with Crippen molar-refractivity contribution in [3.8, 4) is 0 Å². The number of alkyl halides is 1. The van der Waals surface area contributed by atoms with E-state index >= 15 is 0 Å². The minimum Gasteiger partial charge on any atom is -0.207 e. The Balaban J connectivity index is 3.24. The zero-order valence-corrected chi connectivity index (χ0v) is 13.5. The van der Waals surface area contributed by atoms with Crippen molar-refractivity contribution in [2.24, 2.45) is 0 Å². The van der Waals surface area contributed by atoms with E-state index in [1.807, 2.05) is 13.8 Å². The van der Waals surface area contributed by atoms with Gasteiger partial charge in [-0.25, -0.2) is 12.8 Å². The van der Waals surface area contributed by atoms with Crippen molar-refractivity contribution in [2.45, 2.75) is 37.6 Å². The van der Waals surface area contributed by atoms with Crippen LogP contribution in [0.5, 0.6) is 0 Å². The topological polar surface area (TPSA) is 37.4 Å². The van der Waals surface area contributed by atoms with E-state index in [4.69, 9.17) is 0 Å². The summed E-state index contributed by atoms with van der Waals surface area (Å²) in [7, 11) is -3.79. The predicted octanol–water partition coefficient (Wildman–Crippen LogP) is 3.40. The van der Waals surface area contributed by atoms with Gasteiger partial charge in [-0.05, 0) is 25.0 Å². The molecular formula is C13H19BrFNO2S. The van der Waals surface area contributed by atoms with Gasteiger partial charge in [0.1, 0.15) is 10.7 Å². The first-order valence-electron chi connectivity index (χ1n) is 6.31. The van der Waals surface area contributed by atoms with Crippen LogP contribution in [0.4, 0.5) is 4.39 Å². The van der Waals surface area contributed by atoms with E-state index in [1.165, 1.54) is 28.6 Å². The van der Waals surface area contributed by atoms with Crippen LogP contribution in [0.15, 0.2) is 29.2 Å². The second kappa shape index (κ2) is 7.36. The average molecular weight is 352 g/mol. The number of hydrogen-bond acceptors (Lipinski definition) is 2. The van der Waals surface area contributed by atoms with Crippen molar-refractivity contribution >= 4 is 26.0 Å². The molecule has 0 aliphatic carbocycles. The average Bonchev–Trinajstić information content (AvgIpc) is 2.39. The number of halogens is 2. The monoisotopic (exact) mass is 351 g/mol. The van der Waals surface area contributed by atoms with Crippen molar-refractivity contribution in [3.05, 3.63) is 30.1 Å². The Labute approximate surface area is 123 Å². The molecule has 0 bridgehead atoms. The molecule has 6 heteroatoms. The maximum Gasteiger partial charge on any atom is 0.246 e. The first-order chi connectivity index (χ1) is 8.98. The molecule has 0 N–H and O–H groups in total. The fraction of sp³-hybridized carbons (Fsp3) is 0.538. The van der Waals surface area contributed by atoms with Crippen molar-refractivity contribution in [1.82, 2.24) is 4.31 Å². The van der Waals surface area contributed by atoms with Gasteiger partial charge in [-0.15, -0.1) is 0 Å². The summed E-state index contributed by atoms with van der Waals surface area (Å²) >= 11 is 3.26. The number of nitrogens with zero attached hydrogens (tertiary/aromatic N) is 1. The van der Waals surface area contributed by atoms with Gasteiger partial charge in [-0.1, -0.05) is 41.9 Å². The number of benzene rings is 1. The van der Waals surface area contributed by atoms with Crippen LogP contribution in [0, 0.1) is 5.82 Å². The van der Waals surface area contributed by atoms with Gasteiger partial charge >= 0.3 is 0 Å². The van der Waals surface area contributed by atoms with Crippen LogP contribution in [0.3, 0.4) is 0 Å². The van der Waals surface area contributed by atoms with Crippen molar-refractivity contribution in [1.29, 1.82) is 0 Å². The highest BCUT2D eigenvalue weighted by atomic mass is 79.9. The zero-order valence-electron chi connectivity index (χ0n) is 11.1. The van der Waals surface area contributed by atoms with Crippen LogP contribution in [0.1, 0.15) is 26.7 Å². The lowest BCUT2D eigenvalue weighted by Crippen LogP contribution is -2.41. The third kappa shape index (κ3) is 3.77. The molecule has 0 heterocycles. The minimum atomic E-state index is -3.79. The smallest absolute Gasteiger partial charge is 0.207 e. The lowest BCUT2D eigenvalue weighted by molar-refractivity contribution is 0.316. The van der Waals surface area contributed by atoms with E-state index in [0.717, 1.165) is 0 Å². The zero-order chi connectivity index (χ0) is 14.5. The van der Waals surface area contributed by atoms with Crippen LogP contribution in [0.2, 0.25) is 0 Å². The summed E-state index contributed by atoms with van der Waals surface area (Å²) in [6, 6.07) is 5.40. The van der Waals surface area contributed by atoms with Gasteiger partial charge in [0.05, 0.1) is 0 Å². The molecule has 1 aromatic rings. The van der Waals surface area contributed by atoms with Gasteiger partial charge in [-0.3, -0.25) is 0 Å². The molecule has 0 unspecified atom stereocenters. The first kappa shape index (κ1) is 16.6. The van der Waals surface area contributed by atoms with Crippen molar-refractivity contribution in [2.75, 3.05) is 11.9 Å². The van der Waals surface area contributed by atoms with E-state index in [1.54, 1.807) is 0 Å². The lowest BCUT2D eigenvalue weighted by Gasteiger charge is -2.29. The largest absolute Gasteiger partial charge is 0.246 e. The number of rotatable bonds is 7. The maximum absolute atomic E-state index is 13.7. The Morgan fingerprint density at radius 3 is 2.32 bits per heavy atom. The van der Waals surface area contributed by atoms with Crippen LogP contribution in [-0.4, -0.2) is 30.6 Å². The summed E-state index contributed by atoms with van der Waals surface area (Å²) in [6.45, 7) is 4.21. The Bertz CT molecular complexity index is 503. The van der Waals surface area contributed by atoms with E-state index in [0.29, 0.717) is 24.7 Å². The fourth-order valence-corrected chi connectivity index (χ4v) is 4.52. The third-order valence-corrected chi connectivity index (χ3v) is 5.42. The second-order valence-corrected chi connectivity index (χ2v) is 6.86. The van der Waals surface area contributed by atoms with E-state index in [9.17, 15) is 12.8 Å². The molecule has 0 spiro atoms. The van der Waals surface area contributed by atoms with Crippen LogP contribution < -0.4 is 0 Å². The molecule has 0 saturated heterocycles. The molecule has 0 aromatic heterocycles. The summed E-state index contributed by atoms with van der Waals surface area (Å²) in [5.41, 5.74) is 0. The highest BCUT2D eigenvalue weighted by Gasteiger charge is 2.31. The Morgan fingerprint density at radius 2 is 1.84 bits per heavy atom. The van der Waals surface area contributed by atoms with Gasteiger partial charge in [0.2, 0.25) is 10.0 Å². The molecule has 108 valence electrons. The molecule has 0 radical (unpaired) electrons. The van der Waals surface area contributed by atoms with E-state index < -0.39 is 15.8 Å². The Morgan fingerprint density at radius 1 is 1.26 bits per heavy atom. The molecule has 0 amide bonds. The molecule has 0 atom stereocenters. The van der Waals surface area contributed by atoms with Crippen molar-refractivity contribution < 1.29 is 12.8 Å². The lowest BCUT2D eigenvalue weighted by atomic mass is 10.2. The van der Waals surface area contributed by atoms with Gasteiger partial charge < -0.3 is 0 Å². The van der Waals surface area contributed by atoms with Crippen molar-refractivity contribution in [3.63, 3.8) is 0 Å². The predicted molar refractivity (Wildman–Crippen MR) is 78.5 cm³/mol. The standard InChI is InChI=1S/C13H19BrFNO2S/c1-3-11(4-2)16(10-9-14)19(17,18)13-8-6-5-7-12(13)15/h5-8,11H,3-4,9-10H2,1-2H3. The minimum absolute atomic E-state index is 0.109. The summed E-state index contributed by atoms with van der Waals surface area (Å²) in [6.07, 6.45) is 1.41. The molecule has 3 nitrogen and oxygen atoms in total. The SMILES string of the molecule is CCC(CC)N(CCBr)S(=O)(=O)c1ccccc1F. The number of hydrogen-bond donors (Lipinski definition) is 0. The Kier molecular flexibility index (Phi) is 6.42. The molecule has 0 fully saturated rings. The molecule has 19 heavy (non-hydrogen) atoms. The molecule has 1 rings (SSSR count). The maximum atomic E-state index is 13.7. The third-order valence-electron chi connectivity index (χ3n) is 3.08. The molecule has 0 saturated carbocycles. The van der Waals surface area contributed by atoms with Crippen LogP contribution in [-0.2, 0) is 10.0 Å². The van der Waals surface area contributed by atoms with Crippen LogP contribution in [0.25, 0.3) is 0 Å². The van der Waals surface area contributed by atoms with Gasteiger partial charge in [0.15, 0.2) is 0 Å². The first-order valence-corrected chi connectivity index (χ1v) is 8.87. The summed E-state index contributed by atoms with van der Waals surface area (Å²) in [5.74, 6) is -0.701. The highest BCUT2D eigenvalue weighted by Crippen LogP contribution is 2.23. The van der Waals surface area contributed by atoms with E-state index in [-0.39, 0.29) is 10.9 Å². The van der Waals surface area contributed by atoms with E-state index in [2.05, 4.69) is 15.9 Å². The molecule has 0 aliphatic heterocycles. The molecule has 0 aliphatic rings. The summed E-state index contributed by atoms with van der Waals surface area (Å²) in [4.78, 5) is -0.247. The fourth-order valence-electron chi connectivity index (χ4n) is 2.06.